The Balaban J connectivity index is 2.58. The molecule has 1 aromatic rings. The monoisotopic (exact) mass is 240 g/mol. The van der Waals surface area contributed by atoms with E-state index >= 15 is 0 Å². The summed E-state index contributed by atoms with van der Waals surface area (Å²) in [6, 6.07) is 4.62. The lowest BCUT2D eigenvalue weighted by Gasteiger charge is -2.21. The average molecular weight is 240 g/mol. The summed E-state index contributed by atoms with van der Waals surface area (Å²) in [5.74, 6) is -0.177. The first-order valence-corrected chi connectivity index (χ1v) is 6.06. The normalized spacial score (nSPS) is 12.8. The predicted molar refractivity (Wildman–Crippen MR) is 69.4 cm³/mol. The molecule has 17 heavy (non-hydrogen) atoms. The van der Waals surface area contributed by atoms with Gasteiger partial charge >= 0.3 is 0 Å². The van der Waals surface area contributed by atoms with E-state index in [2.05, 4.69) is 5.32 Å². The summed E-state index contributed by atoms with van der Waals surface area (Å²) in [6.07, 6.45) is 1.42. The molecule has 1 aromatic carbocycles. The van der Waals surface area contributed by atoms with Gasteiger partial charge in [0.15, 0.2) is 0 Å². The molecule has 1 atom stereocenters. The molecule has 0 spiro atoms. The number of para-hydroxylation sites is 1. The Kier molecular flexibility index (Phi) is 5.22. The second-order valence-corrected chi connectivity index (χ2v) is 4.23. The molecule has 0 bridgehead atoms. The Hall–Kier alpha value is -1.29. The third-order valence-corrected chi connectivity index (χ3v) is 3.15. The van der Waals surface area contributed by atoms with Crippen molar-refractivity contribution in [2.45, 2.75) is 32.8 Å². The van der Waals surface area contributed by atoms with Crippen LogP contribution < -0.4 is 11.1 Å². The Bertz CT molecular complexity index is 353. The van der Waals surface area contributed by atoms with Crippen molar-refractivity contribution >= 4 is 11.4 Å². The van der Waals surface area contributed by atoms with Crippen molar-refractivity contribution in [3.63, 3.8) is 0 Å². The van der Waals surface area contributed by atoms with E-state index in [4.69, 9.17) is 5.73 Å². The first-order valence-electron chi connectivity index (χ1n) is 6.06. The molecule has 1 unspecified atom stereocenters. The van der Waals surface area contributed by atoms with Crippen LogP contribution in [0, 0.1) is 11.7 Å². The first kappa shape index (κ1) is 13.8. The molecule has 96 valence electrons. The third-order valence-electron chi connectivity index (χ3n) is 3.15. The van der Waals surface area contributed by atoms with Crippen molar-refractivity contribution in [2.75, 3.05) is 17.6 Å². The summed E-state index contributed by atoms with van der Waals surface area (Å²) < 4.78 is 13.2. The number of aliphatic hydroxyl groups excluding tert-OH is 1. The van der Waals surface area contributed by atoms with Crippen LogP contribution in [0.25, 0.3) is 0 Å². The van der Waals surface area contributed by atoms with Crippen molar-refractivity contribution in [3.8, 4) is 0 Å². The number of hydrogen-bond donors (Lipinski definition) is 3. The van der Waals surface area contributed by atoms with Gasteiger partial charge in [0, 0.05) is 6.54 Å². The van der Waals surface area contributed by atoms with E-state index in [0.717, 1.165) is 12.8 Å². The highest BCUT2D eigenvalue weighted by molar-refractivity contribution is 5.66. The number of hydrogen-bond acceptors (Lipinski definition) is 3. The fourth-order valence-electron chi connectivity index (χ4n) is 1.91. The highest BCUT2D eigenvalue weighted by Gasteiger charge is 2.15. The van der Waals surface area contributed by atoms with E-state index in [1.807, 2.05) is 13.8 Å². The quantitative estimate of drug-likeness (QED) is 0.670. The van der Waals surface area contributed by atoms with Crippen LogP contribution in [-0.2, 0) is 0 Å². The van der Waals surface area contributed by atoms with Gasteiger partial charge in [0.1, 0.15) is 5.82 Å². The van der Waals surface area contributed by atoms with Crippen LogP contribution in [0.2, 0.25) is 0 Å². The van der Waals surface area contributed by atoms with E-state index in [1.54, 1.807) is 12.1 Å². The minimum Gasteiger partial charge on any atom is -0.395 e. The number of nitrogens with one attached hydrogen (secondary N) is 1. The minimum absolute atomic E-state index is 0.101. The standard InChI is InChI=1S/C13H21FN2O/c1-3-9(4-2)12(17)8-16-11-7-5-6-10(14)13(11)15/h5-7,9,12,16-17H,3-4,8,15H2,1-2H3. The molecule has 1 rings (SSSR count). The molecule has 0 aliphatic heterocycles. The van der Waals surface area contributed by atoms with Crippen molar-refractivity contribution < 1.29 is 9.50 Å². The lowest BCUT2D eigenvalue weighted by Crippen LogP contribution is -2.28. The second-order valence-electron chi connectivity index (χ2n) is 4.23. The first-order chi connectivity index (χ1) is 8.10. The molecule has 0 saturated heterocycles. The number of nitrogen functional groups attached to an aromatic ring is 1. The summed E-state index contributed by atoms with van der Waals surface area (Å²) in [4.78, 5) is 0. The SMILES string of the molecule is CCC(CC)C(O)CNc1cccc(F)c1N. The van der Waals surface area contributed by atoms with Crippen molar-refractivity contribution in [2.24, 2.45) is 5.92 Å². The van der Waals surface area contributed by atoms with Crippen LogP contribution in [0.4, 0.5) is 15.8 Å². The molecule has 0 amide bonds. The Labute approximate surface area is 102 Å². The van der Waals surface area contributed by atoms with Gasteiger partial charge in [0.2, 0.25) is 0 Å². The zero-order valence-corrected chi connectivity index (χ0v) is 10.4. The topological polar surface area (TPSA) is 58.3 Å². The number of halogens is 1. The van der Waals surface area contributed by atoms with Gasteiger partial charge in [-0.25, -0.2) is 4.39 Å². The van der Waals surface area contributed by atoms with Crippen LogP contribution in [0.5, 0.6) is 0 Å². The molecule has 4 N–H and O–H groups in total. The number of nitrogens with two attached hydrogens (primary N) is 1. The molecule has 3 nitrogen and oxygen atoms in total. The van der Waals surface area contributed by atoms with Gasteiger partial charge < -0.3 is 16.2 Å². The maximum atomic E-state index is 13.2. The maximum absolute atomic E-state index is 13.2. The summed E-state index contributed by atoms with van der Waals surface area (Å²) >= 11 is 0. The van der Waals surface area contributed by atoms with E-state index < -0.39 is 11.9 Å². The third kappa shape index (κ3) is 3.60. The Morgan fingerprint density at radius 1 is 1.35 bits per heavy atom. The predicted octanol–water partition coefficient (Wildman–Crippen LogP) is 2.62. The van der Waals surface area contributed by atoms with Gasteiger partial charge in [0.25, 0.3) is 0 Å². The summed E-state index contributed by atoms with van der Waals surface area (Å²) in [5, 5.41) is 12.9. The van der Waals surface area contributed by atoms with E-state index in [0.29, 0.717) is 12.2 Å². The van der Waals surface area contributed by atoms with Crippen LogP contribution in [0.3, 0.4) is 0 Å². The lowest BCUT2D eigenvalue weighted by atomic mass is 9.96. The van der Waals surface area contributed by atoms with Gasteiger partial charge in [0.05, 0.1) is 17.5 Å². The van der Waals surface area contributed by atoms with Crippen LogP contribution in [-0.4, -0.2) is 17.8 Å². The van der Waals surface area contributed by atoms with Gasteiger partial charge in [-0.15, -0.1) is 0 Å². The molecular weight excluding hydrogens is 219 g/mol. The summed E-state index contributed by atoms with van der Waals surface area (Å²) in [7, 11) is 0. The molecule has 0 aliphatic carbocycles. The number of aliphatic hydroxyl groups is 1. The fraction of sp³-hybridized carbons (Fsp3) is 0.538. The van der Waals surface area contributed by atoms with Crippen molar-refractivity contribution in [1.29, 1.82) is 0 Å². The summed E-state index contributed by atoms with van der Waals surface area (Å²) in [5.41, 5.74) is 6.23. The highest BCUT2D eigenvalue weighted by Crippen LogP contribution is 2.22. The summed E-state index contributed by atoms with van der Waals surface area (Å²) in [6.45, 7) is 4.49. The molecule has 0 saturated carbocycles. The highest BCUT2D eigenvalue weighted by atomic mass is 19.1. The molecule has 0 aromatic heterocycles. The molecule has 0 radical (unpaired) electrons. The van der Waals surface area contributed by atoms with Crippen LogP contribution in [0.15, 0.2) is 18.2 Å². The van der Waals surface area contributed by atoms with E-state index in [1.165, 1.54) is 6.07 Å². The zero-order chi connectivity index (χ0) is 12.8. The Morgan fingerprint density at radius 2 is 2.00 bits per heavy atom. The van der Waals surface area contributed by atoms with E-state index in [-0.39, 0.29) is 11.6 Å². The number of benzene rings is 1. The van der Waals surface area contributed by atoms with Gasteiger partial charge in [-0.3, -0.25) is 0 Å². The largest absolute Gasteiger partial charge is 0.395 e. The van der Waals surface area contributed by atoms with E-state index in [9.17, 15) is 9.50 Å². The minimum atomic E-state index is -0.438. The van der Waals surface area contributed by atoms with Gasteiger partial charge in [-0.1, -0.05) is 32.8 Å². The van der Waals surface area contributed by atoms with Crippen molar-refractivity contribution in [1.82, 2.24) is 0 Å². The maximum Gasteiger partial charge on any atom is 0.148 e. The molecule has 0 heterocycles. The van der Waals surface area contributed by atoms with Crippen LogP contribution in [0.1, 0.15) is 26.7 Å². The number of anilines is 2. The smallest absolute Gasteiger partial charge is 0.148 e. The Morgan fingerprint density at radius 3 is 2.59 bits per heavy atom. The lowest BCUT2D eigenvalue weighted by molar-refractivity contribution is 0.114. The van der Waals surface area contributed by atoms with Gasteiger partial charge in [-0.2, -0.15) is 0 Å². The molecular formula is C13H21FN2O. The average Bonchev–Trinajstić information content (AvgIpc) is 2.32. The molecule has 0 fully saturated rings. The van der Waals surface area contributed by atoms with Gasteiger partial charge in [-0.05, 0) is 18.1 Å². The molecule has 4 heteroatoms. The fourth-order valence-corrected chi connectivity index (χ4v) is 1.91. The van der Waals surface area contributed by atoms with Crippen LogP contribution >= 0.6 is 0 Å². The molecule has 0 aliphatic rings. The van der Waals surface area contributed by atoms with Crippen molar-refractivity contribution in [3.05, 3.63) is 24.0 Å². The second kappa shape index (κ2) is 6.45. The number of rotatable bonds is 6. The zero-order valence-electron chi connectivity index (χ0n) is 10.4.